The summed E-state index contributed by atoms with van der Waals surface area (Å²) in [5, 5.41) is 3.37. The van der Waals surface area contributed by atoms with E-state index in [2.05, 4.69) is 31.0 Å². The first-order chi connectivity index (χ1) is 11.7. The first kappa shape index (κ1) is 15.2. The summed E-state index contributed by atoms with van der Waals surface area (Å²) in [5.74, 6) is 1.74. The number of halogens is 1. The molecule has 6 nitrogen and oxygen atoms in total. The molecule has 8 heteroatoms. The van der Waals surface area contributed by atoms with E-state index in [0.717, 1.165) is 15.8 Å². The molecule has 3 aromatic heterocycles. The van der Waals surface area contributed by atoms with Gasteiger partial charge >= 0.3 is 0 Å². The molecule has 0 aliphatic heterocycles. The molecule has 0 bridgehead atoms. The van der Waals surface area contributed by atoms with Gasteiger partial charge in [-0.1, -0.05) is 39.8 Å². The summed E-state index contributed by atoms with van der Waals surface area (Å²) in [6.07, 6.45) is 1.57. The zero-order valence-electron chi connectivity index (χ0n) is 12.3. The number of aromatic nitrogens is 4. The third-order valence-corrected chi connectivity index (χ3v) is 4.89. The highest BCUT2D eigenvalue weighted by Crippen LogP contribution is 2.25. The van der Waals surface area contributed by atoms with Crippen molar-refractivity contribution in [2.45, 2.75) is 10.9 Å². The lowest BCUT2D eigenvalue weighted by Gasteiger charge is -2.06. The van der Waals surface area contributed by atoms with Gasteiger partial charge in [-0.15, -0.1) is 0 Å². The highest BCUT2D eigenvalue weighted by Gasteiger charge is 2.13. The fraction of sp³-hybridized carbons (Fsp3) is 0.0625. The second-order valence-corrected chi connectivity index (χ2v) is 6.89. The van der Waals surface area contributed by atoms with E-state index in [1.807, 2.05) is 24.3 Å². The Bertz CT molecular complexity index is 1040. The van der Waals surface area contributed by atoms with Crippen molar-refractivity contribution in [3.63, 3.8) is 0 Å². The molecule has 0 radical (unpaired) electrons. The van der Waals surface area contributed by atoms with Crippen LogP contribution in [0, 0.1) is 0 Å². The van der Waals surface area contributed by atoms with Crippen LogP contribution in [0.4, 0.5) is 0 Å². The Morgan fingerprint density at radius 3 is 2.79 bits per heavy atom. The number of hydrogen-bond donors (Lipinski definition) is 1. The van der Waals surface area contributed by atoms with Crippen LogP contribution in [-0.4, -0.2) is 19.6 Å². The standard InChI is InChI=1S/C16H11BrN4O2S/c17-11-5-3-10(4-6-11)9-24-16-19-15(12-2-1-7-23-12)18-13-8-14(22)20-21(13)16/h1-8H,9H2,(H,20,22). The number of fused-ring (bicyclic) bond motifs is 1. The van der Waals surface area contributed by atoms with E-state index in [9.17, 15) is 4.79 Å². The molecule has 0 aliphatic carbocycles. The van der Waals surface area contributed by atoms with Crippen LogP contribution in [-0.2, 0) is 5.75 Å². The van der Waals surface area contributed by atoms with E-state index in [1.165, 1.54) is 17.8 Å². The van der Waals surface area contributed by atoms with E-state index >= 15 is 0 Å². The SMILES string of the molecule is O=c1cc2nc(-c3ccco3)nc(SCc3ccc(Br)cc3)n2[nH]1. The Hall–Kier alpha value is -2.32. The van der Waals surface area contributed by atoms with Crippen LogP contribution < -0.4 is 5.56 Å². The first-order valence-electron chi connectivity index (χ1n) is 7.10. The van der Waals surface area contributed by atoms with E-state index in [4.69, 9.17) is 4.42 Å². The summed E-state index contributed by atoms with van der Waals surface area (Å²) in [7, 11) is 0. The molecule has 4 aromatic rings. The number of furan rings is 1. The molecule has 0 atom stereocenters. The molecule has 0 aliphatic rings. The van der Waals surface area contributed by atoms with Gasteiger partial charge in [-0.2, -0.15) is 4.98 Å². The number of H-pyrrole nitrogens is 1. The summed E-state index contributed by atoms with van der Waals surface area (Å²) < 4.78 is 8.00. The Morgan fingerprint density at radius 2 is 2.04 bits per heavy atom. The Kier molecular flexibility index (Phi) is 3.99. The maximum atomic E-state index is 11.7. The predicted octanol–water partition coefficient (Wildman–Crippen LogP) is 3.73. The topological polar surface area (TPSA) is 76.2 Å². The molecule has 3 heterocycles. The maximum absolute atomic E-state index is 11.7. The van der Waals surface area contributed by atoms with Gasteiger partial charge in [0.2, 0.25) is 0 Å². The molecule has 4 rings (SSSR count). The normalized spacial score (nSPS) is 11.2. The van der Waals surface area contributed by atoms with Crippen LogP contribution in [0.1, 0.15) is 5.56 Å². The molecule has 0 saturated heterocycles. The van der Waals surface area contributed by atoms with Crippen molar-refractivity contribution in [3.8, 4) is 11.6 Å². The van der Waals surface area contributed by atoms with Gasteiger partial charge in [0, 0.05) is 16.3 Å². The third-order valence-electron chi connectivity index (χ3n) is 3.35. The minimum Gasteiger partial charge on any atom is -0.461 e. The maximum Gasteiger partial charge on any atom is 0.266 e. The summed E-state index contributed by atoms with van der Waals surface area (Å²) in [4.78, 5) is 20.6. The van der Waals surface area contributed by atoms with Crippen molar-refractivity contribution in [2.75, 3.05) is 0 Å². The predicted molar refractivity (Wildman–Crippen MR) is 95.0 cm³/mol. The van der Waals surface area contributed by atoms with E-state index < -0.39 is 0 Å². The average molecular weight is 403 g/mol. The van der Waals surface area contributed by atoms with E-state index in [0.29, 0.717) is 22.4 Å². The Balaban J connectivity index is 1.72. The van der Waals surface area contributed by atoms with Gasteiger partial charge in [0.05, 0.1) is 6.26 Å². The number of benzene rings is 1. The monoisotopic (exact) mass is 402 g/mol. The quantitative estimate of drug-likeness (QED) is 0.526. The molecule has 0 fully saturated rings. The van der Waals surface area contributed by atoms with Crippen LogP contribution >= 0.6 is 27.7 Å². The minimum absolute atomic E-state index is 0.216. The second kappa shape index (κ2) is 6.29. The molecule has 0 amide bonds. The van der Waals surface area contributed by atoms with Crippen LogP contribution in [0.5, 0.6) is 0 Å². The third kappa shape index (κ3) is 3.02. The van der Waals surface area contributed by atoms with E-state index in [-0.39, 0.29) is 5.56 Å². The minimum atomic E-state index is -0.216. The second-order valence-electron chi connectivity index (χ2n) is 5.04. The van der Waals surface area contributed by atoms with Crippen LogP contribution in [0.3, 0.4) is 0 Å². The van der Waals surface area contributed by atoms with Crippen molar-refractivity contribution in [1.29, 1.82) is 0 Å². The summed E-state index contributed by atoms with van der Waals surface area (Å²) >= 11 is 4.95. The lowest BCUT2D eigenvalue weighted by Crippen LogP contribution is -2.04. The smallest absolute Gasteiger partial charge is 0.266 e. The van der Waals surface area contributed by atoms with Crippen molar-refractivity contribution < 1.29 is 4.42 Å². The Morgan fingerprint density at radius 1 is 1.21 bits per heavy atom. The van der Waals surface area contributed by atoms with Crippen LogP contribution in [0.2, 0.25) is 0 Å². The zero-order chi connectivity index (χ0) is 16.5. The van der Waals surface area contributed by atoms with Gasteiger partial charge in [-0.3, -0.25) is 9.89 Å². The summed E-state index contributed by atoms with van der Waals surface area (Å²) in [6.45, 7) is 0. The lowest BCUT2D eigenvalue weighted by molar-refractivity contribution is 0.574. The van der Waals surface area contributed by atoms with Gasteiger partial charge in [0.15, 0.2) is 22.4 Å². The average Bonchev–Trinajstić information content (AvgIpc) is 3.22. The van der Waals surface area contributed by atoms with E-state index in [1.54, 1.807) is 22.9 Å². The van der Waals surface area contributed by atoms with Crippen molar-refractivity contribution in [3.05, 3.63) is 69.1 Å². The molecule has 120 valence electrons. The summed E-state index contributed by atoms with van der Waals surface area (Å²) in [5.41, 5.74) is 1.45. The number of thioether (sulfide) groups is 1. The van der Waals surface area contributed by atoms with Crippen LogP contribution in [0.25, 0.3) is 17.2 Å². The molecule has 24 heavy (non-hydrogen) atoms. The largest absolute Gasteiger partial charge is 0.461 e. The first-order valence-corrected chi connectivity index (χ1v) is 8.88. The van der Waals surface area contributed by atoms with Crippen molar-refractivity contribution in [2.24, 2.45) is 0 Å². The van der Waals surface area contributed by atoms with Crippen molar-refractivity contribution >= 4 is 33.3 Å². The fourth-order valence-corrected chi connectivity index (χ4v) is 3.40. The van der Waals surface area contributed by atoms with Gasteiger partial charge < -0.3 is 4.42 Å². The molecule has 0 spiro atoms. The molecule has 1 aromatic carbocycles. The van der Waals surface area contributed by atoms with Crippen molar-refractivity contribution in [1.82, 2.24) is 19.6 Å². The number of nitrogens with zero attached hydrogens (tertiary/aromatic N) is 3. The van der Waals surface area contributed by atoms with Gasteiger partial charge in [-0.25, -0.2) is 9.50 Å². The van der Waals surface area contributed by atoms with Gasteiger partial charge in [-0.05, 0) is 29.8 Å². The molecular formula is C16H11BrN4O2S. The molecule has 1 N–H and O–H groups in total. The van der Waals surface area contributed by atoms with Crippen LogP contribution in [0.15, 0.2) is 67.6 Å². The summed E-state index contributed by atoms with van der Waals surface area (Å²) in [6, 6.07) is 13.1. The van der Waals surface area contributed by atoms with Gasteiger partial charge in [0.1, 0.15) is 0 Å². The number of hydrogen-bond acceptors (Lipinski definition) is 5. The Labute approximate surface area is 149 Å². The number of nitrogens with one attached hydrogen (secondary N) is 1. The lowest BCUT2D eigenvalue weighted by atomic mass is 10.2. The molecule has 0 unspecified atom stereocenters. The fourth-order valence-electron chi connectivity index (χ4n) is 2.23. The molecule has 0 saturated carbocycles. The van der Waals surface area contributed by atoms with Gasteiger partial charge in [0.25, 0.3) is 5.56 Å². The molecular weight excluding hydrogens is 392 g/mol. The zero-order valence-corrected chi connectivity index (χ0v) is 14.7. The highest BCUT2D eigenvalue weighted by atomic mass is 79.9. The number of aromatic amines is 1. The number of rotatable bonds is 4. The highest BCUT2D eigenvalue weighted by molar-refractivity contribution is 9.10.